The summed E-state index contributed by atoms with van der Waals surface area (Å²) >= 11 is 1.70. The molecule has 1 fully saturated rings. The number of aryl methyl sites for hydroxylation is 1. The standard InChI is InChI=1S/C19H22N2OS/c1-14-7-8-15(11-18(14)16-5-3-2-4-6-16)13-23-20-12-17-9-10-19(22)21-17/h2-8,11,17,20H,9-10,12-13H2,1H3,(H,21,22). The molecule has 0 spiro atoms. The minimum Gasteiger partial charge on any atom is -0.352 e. The van der Waals surface area contributed by atoms with Crippen LogP contribution in [0.3, 0.4) is 0 Å². The van der Waals surface area contributed by atoms with Crippen molar-refractivity contribution in [2.45, 2.75) is 31.6 Å². The van der Waals surface area contributed by atoms with Crippen LogP contribution in [-0.4, -0.2) is 18.5 Å². The molecule has 1 atom stereocenters. The van der Waals surface area contributed by atoms with E-state index < -0.39 is 0 Å². The highest BCUT2D eigenvalue weighted by Gasteiger charge is 2.19. The van der Waals surface area contributed by atoms with Gasteiger partial charge < -0.3 is 5.32 Å². The van der Waals surface area contributed by atoms with Gasteiger partial charge in [-0.2, -0.15) is 0 Å². The van der Waals surface area contributed by atoms with Gasteiger partial charge in [0.25, 0.3) is 0 Å². The lowest BCUT2D eigenvalue weighted by molar-refractivity contribution is -0.119. The van der Waals surface area contributed by atoms with E-state index in [4.69, 9.17) is 0 Å². The van der Waals surface area contributed by atoms with E-state index in [1.807, 2.05) is 6.07 Å². The van der Waals surface area contributed by atoms with Crippen molar-refractivity contribution < 1.29 is 4.79 Å². The normalized spacial score (nSPS) is 17.3. The summed E-state index contributed by atoms with van der Waals surface area (Å²) in [5.74, 6) is 1.09. The highest BCUT2D eigenvalue weighted by molar-refractivity contribution is 7.96. The Hall–Kier alpha value is -1.78. The number of hydrogen-bond acceptors (Lipinski definition) is 3. The summed E-state index contributed by atoms with van der Waals surface area (Å²) in [6.07, 6.45) is 1.60. The Morgan fingerprint density at radius 1 is 1.22 bits per heavy atom. The maximum Gasteiger partial charge on any atom is 0.220 e. The molecule has 3 rings (SSSR count). The van der Waals surface area contributed by atoms with E-state index in [-0.39, 0.29) is 11.9 Å². The Bertz CT molecular complexity index is 672. The van der Waals surface area contributed by atoms with Gasteiger partial charge in [0.05, 0.1) is 0 Å². The first-order valence-corrected chi connectivity index (χ1v) is 9.00. The Balaban J connectivity index is 1.55. The number of rotatable bonds is 6. The summed E-state index contributed by atoms with van der Waals surface area (Å²) in [5.41, 5.74) is 5.17. The van der Waals surface area contributed by atoms with E-state index in [1.54, 1.807) is 11.9 Å². The lowest BCUT2D eigenvalue weighted by atomic mass is 9.99. The van der Waals surface area contributed by atoms with E-state index in [1.165, 1.54) is 22.3 Å². The molecule has 0 aromatic heterocycles. The lowest BCUT2D eigenvalue weighted by Crippen LogP contribution is -2.33. The van der Waals surface area contributed by atoms with Gasteiger partial charge in [-0.05, 0) is 35.6 Å². The molecular weight excluding hydrogens is 304 g/mol. The minimum atomic E-state index is 0.174. The number of benzene rings is 2. The third kappa shape index (κ3) is 4.36. The first-order valence-electron chi connectivity index (χ1n) is 8.01. The average Bonchev–Trinajstić information content (AvgIpc) is 2.99. The van der Waals surface area contributed by atoms with Crippen molar-refractivity contribution in [1.82, 2.24) is 10.0 Å². The highest BCUT2D eigenvalue weighted by atomic mass is 32.2. The summed E-state index contributed by atoms with van der Waals surface area (Å²) in [7, 11) is 0. The maximum atomic E-state index is 11.2. The van der Waals surface area contributed by atoms with Crippen molar-refractivity contribution in [2.24, 2.45) is 0 Å². The molecule has 1 heterocycles. The molecule has 0 radical (unpaired) electrons. The Morgan fingerprint density at radius 3 is 2.78 bits per heavy atom. The first kappa shape index (κ1) is 16.1. The predicted molar refractivity (Wildman–Crippen MR) is 97.1 cm³/mol. The minimum absolute atomic E-state index is 0.174. The second kappa shape index (κ2) is 7.66. The van der Waals surface area contributed by atoms with Crippen molar-refractivity contribution in [2.75, 3.05) is 6.54 Å². The van der Waals surface area contributed by atoms with Crippen LogP contribution in [0, 0.1) is 6.92 Å². The zero-order valence-electron chi connectivity index (χ0n) is 13.3. The van der Waals surface area contributed by atoms with E-state index in [2.05, 4.69) is 59.4 Å². The molecule has 120 valence electrons. The fraction of sp³-hybridized carbons (Fsp3) is 0.316. The van der Waals surface area contributed by atoms with Crippen LogP contribution in [0.2, 0.25) is 0 Å². The Labute approximate surface area is 142 Å². The first-order chi connectivity index (χ1) is 11.2. The van der Waals surface area contributed by atoms with Gasteiger partial charge in [0, 0.05) is 24.8 Å². The van der Waals surface area contributed by atoms with Crippen LogP contribution in [-0.2, 0) is 10.5 Å². The molecule has 2 N–H and O–H groups in total. The molecule has 0 aliphatic carbocycles. The molecule has 0 saturated carbocycles. The molecule has 1 amide bonds. The van der Waals surface area contributed by atoms with Crippen LogP contribution in [0.1, 0.15) is 24.0 Å². The van der Waals surface area contributed by atoms with Gasteiger partial charge >= 0.3 is 0 Å². The molecule has 3 nitrogen and oxygen atoms in total. The molecule has 0 bridgehead atoms. The summed E-state index contributed by atoms with van der Waals surface area (Å²) < 4.78 is 3.37. The van der Waals surface area contributed by atoms with Gasteiger partial charge in [0.1, 0.15) is 0 Å². The third-order valence-corrected chi connectivity index (χ3v) is 4.99. The number of amides is 1. The summed E-state index contributed by atoms with van der Waals surface area (Å²) in [6.45, 7) is 2.98. The van der Waals surface area contributed by atoms with Gasteiger partial charge in [-0.25, -0.2) is 0 Å². The van der Waals surface area contributed by atoms with E-state index in [0.717, 1.165) is 18.7 Å². The molecule has 1 aliphatic heterocycles. The molecule has 2 aromatic carbocycles. The average molecular weight is 326 g/mol. The van der Waals surface area contributed by atoms with E-state index >= 15 is 0 Å². The van der Waals surface area contributed by atoms with Crippen LogP contribution in [0.4, 0.5) is 0 Å². The number of nitrogens with one attached hydrogen (secondary N) is 2. The molecular formula is C19H22N2OS. The van der Waals surface area contributed by atoms with Crippen LogP contribution in [0.15, 0.2) is 48.5 Å². The maximum absolute atomic E-state index is 11.2. The molecule has 23 heavy (non-hydrogen) atoms. The quantitative estimate of drug-likeness (QED) is 0.628. The molecule has 1 saturated heterocycles. The zero-order valence-corrected chi connectivity index (χ0v) is 14.2. The predicted octanol–water partition coefficient (Wildman–Crippen LogP) is 3.68. The van der Waals surface area contributed by atoms with Crippen molar-refractivity contribution in [3.05, 3.63) is 59.7 Å². The largest absolute Gasteiger partial charge is 0.352 e. The van der Waals surface area contributed by atoms with Gasteiger partial charge in [-0.15, -0.1) is 0 Å². The van der Waals surface area contributed by atoms with Gasteiger partial charge in [0.15, 0.2) is 0 Å². The highest BCUT2D eigenvalue weighted by Crippen LogP contribution is 2.25. The number of carbonyl (C=O) groups is 1. The SMILES string of the molecule is Cc1ccc(CSNCC2CCC(=O)N2)cc1-c1ccccc1. The van der Waals surface area contributed by atoms with Gasteiger partial charge in [0.2, 0.25) is 5.91 Å². The third-order valence-electron chi connectivity index (χ3n) is 4.14. The Morgan fingerprint density at radius 2 is 2.04 bits per heavy atom. The second-order valence-electron chi connectivity index (χ2n) is 5.96. The summed E-state index contributed by atoms with van der Waals surface area (Å²) in [5, 5.41) is 2.98. The smallest absolute Gasteiger partial charge is 0.220 e. The summed E-state index contributed by atoms with van der Waals surface area (Å²) in [4.78, 5) is 11.2. The Kier molecular flexibility index (Phi) is 5.36. The van der Waals surface area contributed by atoms with Crippen LogP contribution >= 0.6 is 11.9 Å². The fourth-order valence-corrected chi connectivity index (χ4v) is 3.58. The monoisotopic (exact) mass is 326 g/mol. The van der Waals surface area contributed by atoms with Crippen LogP contribution in [0.25, 0.3) is 11.1 Å². The van der Waals surface area contributed by atoms with Crippen LogP contribution < -0.4 is 10.0 Å². The van der Waals surface area contributed by atoms with Crippen molar-refractivity contribution >= 4 is 17.9 Å². The molecule has 2 aromatic rings. The molecule has 4 heteroatoms. The van der Waals surface area contributed by atoms with Gasteiger partial charge in [-0.1, -0.05) is 60.5 Å². The molecule has 1 aliphatic rings. The topological polar surface area (TPSA) is 41.1 Å². The van der Waals surface area contributed by atoms with Crippen LogP contribution in [0.5, 0.6) is 0 Å². The second-order valence-corrected chi connectivity index (χ2v) is 6.82. The summed E-state index contributed by atoms with van der Waals surface area (Å²) in [6, 6.07) is 17.4. The van der Waals surface area contributed by atoms with Crippen molar-refractivity contribution in [1.29, 1.82) is 0 Å². The zero-order chi connectivity index (χ0) is 16.1. The fourth-order valence-electron chi connectivity index (χ4n) is 2.81. The lowest BCUT2D eigenvalue weighted by Gasteiger charge is -2.12. The van der Waals surface area contributed by atoms with Crippen molar-refractivity contribution in [3.8, 4) is 11.1 Å². The van der Waals surface area contributed by atoms with Gasteiger partial charge in [-0.3, -0.25) is 9.52 Å². The number of hydrogen-bond donors (Lipinski definition) is 2. The van der Waals surface area contributed by atoms with Crippen molar-refractivity contribution in [3.63, 3.8) is 0 Å². The molecule has 1 unspecified atom stereocenters. The number of carbonyl (C=O) groups excluding carboxylic acids is 1. The van der Waals surface area contributed by atoms with E-state index in [9.17, 15) is 4.79 Å². The van der Waals surface area contributed by atoms with E-state index in [0.29, 0.717) is 6.42 Å².